The highest BCUT2D eigenvalue weighted by molar-refractivity contribution is 5.92. The van der Waals surface area contributed by atoms with Crippen molar-refractivity contribution in [2.24, 2.45) is 5.73 Å². The third kappa shape index (κ3) is 2.33. The van der Waals surface area contributed by atoms with Gasteiger partial charge in [0, 0.05) is 18.3 Å². The summed E-state index contributed by atoms with van der Waals surface area (Å²) in [6, 6.07) is 0.0306. The Kier molecular flexibility index (Phi) is 3.09. The molecule has 1 saturated carbocycles. The number of rotatable bonds is 2. The lowest BCUT2D eigenvalue weighted by atomic mass is 9.91. The Morgan fingerprint density at radius 2 is 2.19 bits per heavy atom. The highest BCUT2D eigenvalue weighted by Gasteiger charge is 2.24. The lowest BCUT2D eigenvalue weighted by molar-refractivity contribution is 0.0916. The Labute approximate surface area is 92.6 Å². The quantitative estimate of drug-likeness (QED) is 0.554. The second kappa shape index (κ2) is 4.52. The first kappa shape index (κ1) is 10.9. The van der Waals surface area contributed by atoms with Crippen LogP contribution in [-0.2, 0) is 0 Å². The molecule has 0 spiro atoms. The van der Waals surface area contributed by atoms with Crippen LogP contribution in [0, 0.1) is 0 Å². The summed E-state index contributed by atoms with van der Waals surface area (Å²) in [5, 5.41) is 2.84. The minimum absolute atomic E-state index is 0.0136. The topological polar surface area (TPSA) is 104 Å². The molecular formula is C10H16N4O2. The molecular weight excluding hydrogens is 208 g/mol. The molecule has 1 aliphatic rings. The van der Waals surface area contributed by atoms with Crippen molar-refractivity contribution < 1.29 is 4.79 Å². The number of carbonyl (C=O) groups is 1. The number of hydrogen-bond donors (Lipinski definition) is 4. The number of nitrogens with two attached hydrogens (primary N) is 1. The van der Waals surface area contributed by atoms with E-state index in [9.17, 15) is 9.59 Å². The van der Waals surface area contributed by atoms with Crippen molar-refractivity contribution in [3.05, 3.63) is 22.4 Å². The summed E-state index contributed by atoms with van der Waals surface area (Å²) in [6.07, 6.45) is 5.42. The van der Waals surface area contributed by atoms with Gasteiger partial charge in [0.1, 0.15) is 5.69 Å². The van der Waals surface area contributed by atoms with E-state index in [1.165, 1.54) is 6.20 Å². The van der Waals surface area contributed by atoms with Crippen molar-refractivity contribution in [2.75, 3.05) is 0 Å². The molecule has 1 aromatic heterocycles. The third-order valence-electron chi connectivity index (χ3n) is 2.98. The first-order valence-electron chi connectivity index (χ1n) is 5.51. The third-order valence-corrected chi connectivity index (χ3v) is 2.98. The Bertz CT molecular complexity index is 422. The van der Waals surface area contributed by atoms with E-state index in [0.717, 1.165) is 25.7 Å². The fourth-order valence-electron chi connectivity index (χ4n) is 2.04. The number of imidazole rings is 1. The minimum atomic E-state index is -0.377. The molecule has 1 aliphatic carbocycles. The maximum atomic E-state index is 11.7. The molecule has 0 bridgehead atoms. The van der Waals surface area contributed by atoms with Gasteiger partial charge >= 0.3 is 5.69 Å². The minimum Gasteiger partial charge on any atom is -0.346 e. The van der Waals surface area contributed by atoms with Gasteiger partial charge in [0.05, 0.1) is 0 Å². The zero-order valence-corrected chi connectivity index (χ0v) is 8.95. The van der Waals surface area contributed by atoms with Crippen LogP contribution in [0.3, 0.4) is 0 Å². The summed E-state index contributed by atoms with van der Waals surface area (Å²) in [6.45, 7) is 0. The van der Waals surface area contributed by atoms with E-state index in [2.05, 4.69) is 15.3 Å². The van der Waals surface area contributed by atoms with Gasteiger partial charge in [-0.25, -0.2) is 4.79 Å². The maximum Gasteiger partial charge on any atom is 0.323 e. The van der Waals surface area contributed by atoms with Crippen LogP contribution >= 0.6 is 0 Å². The molecule has 88 valence electrons. The van der Waals surface area contributed by atoms with Crippen molar-refractivity contribution in [1.82, 2.24) is 15.3 Å². The largest absolute Gasteiger partial charge is 0.346 e. The summed E-state index contributed by atoms with van der Waals surface area (Å²) in [4.78, 5) is 27.4. The molecule has 16 heavy (non-hydrogen) atoms. The van der Waals surface area contributed by atoms with Crippen LogP contribution in [-0.4, -0.2) is 28.0 Å². The summed E-state index contributed by atoms with van der Waals surface area (Å²) >= 11 is 0. The van der Waals surface area contributed by atoms with Crippen LogP contribution in [0.15, 0.2) is 11.0 Å². The summed E-state index contributed by atoms with van der Waals surface area (Å²) in [7, 11) is 0. The first-order chi connectivity index (χ1) is 7.66. The molecule has 0 radical (unpaired) electrons. The average Bonchev–Trinajstić information content (AvgIpc) is 2.68. The smallest absolute Gasteiger partial charge is 0.323 e. The van der Waals surface area contributed by atoms with E-state index >= 15 is 0 Å². The fraction of sp³-hybridized carbons (Fsp3) is 0.600. The van der Waals surface area contributed by atoms with Crippen molar-refractivity contribution in [2.45, 2.75) is 37.8 Å². The second-order valence-electron chi connectivity index (χ2n) is 4.18. The summed E-state index contributed by atoms with van der Waals surface area (Å²) < 4.78 is 0. The molecule has 2 atom stereocenters. The second-order valence-corrected chi connectivity index (χ2v) is 4.18. The molecule has 0 aromatic carbocycles. The first-order valence-corrected chi connectivity index (χ1v) is 5.51. The molecule has 0 aliphatic heterocycles. The predicted octanol–water partition coefficient (Wildman–Crippen LogP) is -0.297. The number of hydrogen-bond acceptors (Lipinski definition) is 3. The fourth-order valence-corrected chi connectivity index (χ4v) is 2.04. The Morgan fingerprint density at radius 3 is 2.81 bits per heavy atom. The van der Waals surface area contributed by atoms with Crippen molar-refractivity contribution >= 4 is 5.91 Å². The van der Waals surface area contributed by atoms with E-state index in [1.807, 2.05) is 0 Å². The standard InChI is InChI=1S/C10H16N4O2/c11-6-3-1-2-4-7(6)13-9(15)8-5-12-10(16)14-8/h5-7H,1-4,11H2,(H,13,15)(H2,12,14,16)/t6-,7-/m1/s1. The van der Waals surface area contributed by atoms with Crippen molar-refractivity contribution in [3.63, 3.8) is 0 Å². The van der Waals surface area contributed by atoms with Gasteiger partial charge in [0.15, 0.2) is 0 Å². The normalized spacial score (nSPS) is 25.3. The van der Waals surface area contributed by atoms with E-state index in [4.69, 9.17) is 5.73 Å². The van der Waals surface area contributed by atoms with Crippen LogP contribution < -0.4 is 16.7 Å². The van der Waals surface area contributed by atoms with Gasteiger partial charge in [-0.2, -0.15) is 0 Å². The molecule has 1 amide bonds. The van der Waals surface area contributed by atoms with Crippen LogP contribution in [0.1, 0.15) is 36.2 Å². The van der Waals surface area contributed by atoms with E-state index < -0.39 is 0 Å². The maximum absolute atomic E-state index is 11.7. The lowest BCUT2D eigenvalue weighted by Crippen LogP contribution is -2.49. The van der Waals surface area contributed by atoms with Crippen LogP contribution in [0.25, 0.3) is 0 Å². The number of aromatic nitrogens is 2. The molecule has 0 saturated heterocycles. The predicted molar refractivity (Wildman–Crippen MR) is 59.1 cm³/mol. The lowest BCUT2D eigenvalue weighted by Gasteiger charge is -2.28. The molecule has 1 fully saturated rings. The molecule has 2 rings (SSSR count). The Hall–Kier alpha value is -1.56. The van der Waals surface area contributed by atoms with E-state index in [0.29, 0.717) is 0 Å². The van der Waals surface area contributed by atoms with Gasteiger partial charge < -0.3 is 21.0 Å². The van der Waals surface area contributed by atoms with Gasteiger partial charge in [-0.3, -0.25) is 4.79 Å². The number of amides is 1. The van der Waals surface area contributed by atoms with Crippen LogP contribution in [0.2, 0.25) is 0 Å². The highest BCUT2D eigenvalue weighted by atomic mass is 16.2. The number of H-pyrrole nitrogens is 2. The zero-order valence-electron chi connectivity index (χ0n) is 8.95. The van der Waals surface area contributed by atoms with E-state index in [-0.39, 0.29) is 29.4 Å². The van der Waals surface area contributed by atoms with Gasteiger partial charge in [0.25, 0.3) is 5.91 Å². The van der Waals surface area contributed by atoms with Gasteiger partial charge in [0.2, 0.25) is 0 Å². The van der Waals surface area contributed by atoms with Gasteiger partial charge in [-0.15, -0.1) is 0 Å². The molecule has 5 N–H and O–H groups in total. The zero-order chi connectivity index (χ0) is 11.5. The number of carbonyl (C=O) groups excluding carboxylic acids is 1. The summed E-state index contributed by atoms with van der Waals surface area (Å²) in [5.41, 5.74) is 5.79. The monoisotopic (exact) mass is 224 g/mol. The Balaban J connectivity index is 1.98. The molecule has 1 aromatic rings. The number of aromatic amines is 2. The average molecular weight is 224 g/mol. The van der Waals surface area contributed by atoms with Gasteiger partial charge in [-0.1, -0.05) is 12.8 Å². The highest BCUT2D eigenvalue weighted by Crippen LogP contribution is 2.16. The van der Waals surface area contributed by atoms with Crippen molar-refractivity contribution in [3.8, 4) is 0 Å². The molecule has 0 unspecified atom stereocenters. The number of nitrogens with one attached hydrogen (secondary N) is 3. The molecule has 6 nitrogen and oxygen atoms in total. The van der Waals surface area contributed by atoms with Crippen LogP contribution in [0.4, 0.5) is 0 Å². The van der Waals surface area contributed by atoms with Crippen molar-refractivity contribution in [1.29, 1.82) is 0 Å². The SMILES string of the molecule is N[C@@H]1CCCC[C@H]1NC(=O)c1c[nH]c(=O)[nH]1. The molecule has 1 heterocycles. The Morgan fingerprint density at radius 1 is 1.44 bits per heavy atom. The van der Waals surface area contributed by atoms with Gasteiger partial charge in [-0.05, 0) is 12.8 Å². The van der Waals surface area contributed by atoms with E-state index in [1.54, 1.807) is 0 Å². The van der Waals surface area contributed by atoms with Crippen LogP contribution in [0.5, 0.6) is 0 Å². The summed E-state index contributed by atoms with van der Waals surface area (Å²) in [5.74, 6) is -0.277. The molecule has 6 heteroatoms.